The highest BCUT2D eigenvalue weighted by atomic mass is 15.2. The Kier molecular flexibility index (Phi) is 3.52. The standard InChI is InChI=1S/C17H19N3/c1-20-10-9-16(19-20)12-15(18)11-14-7-4-6-13-5-2-3-8-17(13)14/h2-10,15H,11-12,18H2,1H3. The van der Waals surface area contributed by atoms with Gasteiger partial charge in [-0.25, -0.2) is 0 Å². The molecule has 0 radical (unpaired) electrons. The van der Waals surface area contributed by atoms with Gasteiger partial charge in [0.25, 0.3) is 0 Å². The lowest BCUT2D eigenvalue weighted by atomic mass is 9.97. The molecule has 0 amide bonds. The first-order chi connectivity index (χ1) is 9.72. The summed E-state index contributed by atoms with van der Waals surface area (Å²) in [6, 6.07) is 17.0. The van der Waals surface area contributed by atoms with Crippen molar-refractivity contribution >= 4 is 10.8 Å². The van der Waals surface area contributed by atoms with Crippen molar-refractivity contribution in [1.29, 1.82) is 0 Å². The number of rotatable bonds is 4. The van der Waals surface area contributed by atoms with Gasteiger partial charge in [0.05, 0.1) is 5.69 Å². The van der Waals surface area contributed by atoms with Gasteiger partial charge in [-0.15, -0.1) is 0 Å². The van der Waals surface area contributed by atoms with E-state index in [0.717, 1.165) is 18.5 Å². The molecule has 2 N–H and O–H groups in total. The first kappa shape index (κ1) is 12.9. The van der Waals surface area contributed by atoms with Gasteiger partial charge in [0.2, 0.25) is 0 Å². The number of fused-ring (bicyclic) bond motifs is 1. The van der Waals surface area contributed by atoms with E-state index >= 15 is 0 Å². The maximum absolute atomic E-state index is 6.29. The second kappa shape index (κ2) is 5.47. The number of nitrogens with zero attached hydrogens (tertiary/aromatic N) is 2. The van der Waals surface area contributed by atoms with Crippen molar-refractivity contribution < 1.29 is 0 Å². The van der Waals surface area contributed by atoms with Gasteiger partial charge >= 0.3 is 0 Å². The molecule has 0 aliphatic carbocycles. The van der Waals surface area contributed by atoms with Crippen LogP contribution in [0.5, 0.6) is 0 Å². The summed E-state index contributed by atoms with van der Waals surface area (Å²) in [6.45, 7) is 0. The molecular weight excluding hydrogens is 246 g/mol. The molecule has 0 saturated heterocycles. The lowest BCUT2D eigenvalue weighted by Gasteiger charge is -2.12. The average molecular weight is 265 g/mol. The molecule has 20 heavy (non-hydrogen) atoms. The van der Waals surface area contributed by atoms with E-state index in [1.54, 1.807) is 0 Å². The molecule has 102 valence electrons. The zero-order valence-electron chi connectivity index (χ0n) is 11.7. The van der Waals surface area contributed by atoms with Crippen LogP contribution in [0.1, 0.15) is 11.3 Å². The lowest BCUT2D eigenvalue weighted by molar-refractivity contribution is 0.640. The Morgan fingerprint density at radius 3 is 2.65 bits per heavy atom. The topological polar surface area (TPSA) is 43.8 Å². The van der Waals surface area contributed by atoms with Crippen LogP contribution in [-0.2, 0) is 19.9 Å². The van der Waals surface area contributed by atoms with Gasteiger partial charge in [-0.05, 0) is 28.8 Å². The first-order valence-corrected chi connectivity index (χ1v) is 6.93. The van der Waals surface area contributed by atoms with Gasteiger partial charge in [0.15, 0.2) is 0 Å². The Bertz CT molecular complexity index is 710. The molecular formula is C17H19N3. The fourth-order valence-electron chi connectivity index (χ4n) is 2.67. The fourth-order valence-corrected chi connectivity index (χ4v) is 2.67. The van der Waals surface area contributed by atoms with E-state index < -0.39 is 0 Å². The lowest BCUT2D eigenvalue weighted by Crippen LogP contribution is -2.25. The molecule has 0 aliphatic rings. The average Bonchev–Trinajstić information content (AvgIpc) is 2.84. The fraction of sp³-hybridized carbons (Fsp3) is 0.235. The maximum Gasteiger partial charge on any atom is 0.0640 e. The van der Waals surface area contributed by atoms with Crippen LogP contribution >= 0.6 is 0 Å². The Balaban J connectivity index is 1.79. The second-order valence-electron chi connectivity index (χ2n) is 5.29. The van der Waals surface area contributed by atoms with Crippen molar-refractivity contribution in [2.24, 2.45) is 12.8 Å². The molecule has 1 aromatic heterocycles. The van der Waals surface area contributed by atoms with E-state index in [1.165, 1.54) is 16.3 Å². The van der Waals surface area contributed by atoms with Crippen LogP contribution in [0.25, 0.3) is 10.8 Å². The number of aryl methyl sites for hydroxylation is 1. The van der Waals surface area contributed by atoms with Crippen molar-refractivity contribution in [3.63, 3.8) is 0 Å². The predicted molar refractivity (Wildman–Crippen MR) is 82.5 cm³/mol. The van der Waals surface area contributed by atoms with Gasteiger partial charge in [-0.1, -0.05) is 42.5 Å². The summed E-state index contributed by atoms with van der Waals surface area (Å²) in [6.07, 6.45) is 3.64. The van der Waals surface area contributed by atoms with Crippen LogP contribution in [0.3, 0.4) is 0 Å². The van der Waals surface area contributed by atoms with Crippen LogP contribution < -0.4 is 5.73 Å². The molecule has 3 heteroatoms. The van der Waals surface area contributed by atoms with Crippen LogP contribution in [0.4, 0.5) is 0 Å². The maximum atomic E-state index is 6.29. The molecule has 2 aromatic carbocycles. The number of hydrogen-bond donors (Lipinski definition) is 1. The minimum Gasteiger partial charge on any atom is -0.327 e. The monoisotopic (exact) mass is 265 g/mol. The number of aromatic nitrogens is 2. The molecule has 1 unspecified atom stereocenters. The largest absolute Gasteiger partial charge is 0.327 e. The predicted octanol–water partition coefficient (Wildman–Crippen LogP) is 2.69. The molecule has 0 bridgehead atoms. The molecule has 1 atom stereocenters. The van der Waals surface area contributed by atoms with Gasteiger partial charge < -0.3 is 5.73 Å². The van der Waals surface area contributed by atoms with Crippen molar-refractivity contribution in [2.45, 2.75) is 18.9 Å². The second-order valence-corrected chi connectivity index (χ2v) is 5.29. The minimum atomic E-state index is 0.0932. The third kappa shape index (κ3) is 2.73. The van der Waals surface area contributed by atoms with Crippen molar-refractivity contribution in [3.05, 3.63) is 66.0 Å². The van der Waals surface area contributed by atoms with Crippen molar-refractivity contribution in [1.82, 2.24) is 9.78 Å². The van der Waals surface area contributed by atoms with E-state index in [2.05, 4.69) is 47.6 Å². The first-order valence-electron chi connectivity index (χ1n) is 6.93. The smallest absolute Gasteiger partial charge is 0.0640 e. The van der Waals surface area contributed by atoms with Crippen LogP contribution in [-0.4, -0.2) is 15.8 Å². The van der Waals surface area contributed by atoms with E-state index in [-0.39, 0.29) is 6.04 Å². The molecule has 0 spiro atoms. The van der Waals surface area contributed by atoms with Crippen LogP contribution in [0.2, 0.25) is 0 Å². The van der Waals surface area contributed by atoms with Gasteiger partial charge in [-0.3, -0.25) is 4.68 Å². The number of benzene rings is 2. The summed E-state index contributed by atoms with van der Waals surface area (Å²) >= 11 is 0. The Hall–Kier alpha value is -2.13. The Morgan fingerprint density at radius 1 is 1.05 bits per heavy atom. The summed E-state index contributed by atoms with van der Waals surface area (Å²) in [5, 5.41) is 6.96. The highest BCUT2D eigenvalue weighted by molar-refractivity contribution is 5.85. The third-order valence-electron chi connectivity index (χ3n) is 3.60. The van der Waals surface area contributed by atoms with Crippen LogP contribution in [0, 0.1) is 0 Å². The van der Waals surface area contributed by atoms with Gasteiger partial charge in [-0.2, -0.15) is 5.10 Å². The zero-order valence-corrected chi connectivity index (χ0v) is 11.7. The highest BCUT2D eigenvalue weighted by Crippen LogP contribution is 2.20. The Morgan fingerprint density at radius 2 is 1.85 bits per heavy atom. The molecule has 0 saturated carbocycles. The normalized spacial score (nSPS) is 12.7. The zero-order chi connectivity index (χ0) is 13.9. The van der Waals surface area contributed by atoms with E-state index in [0.29, 0.717) is 0 Å². The van der Waals surface area contributed by atoms with Gasteiger partial charge in [0.1, 0.15) is 0 Å². The summed E-state index contributed by atoms with van der Waals surface area (Å²) in [5.74, 6) is 0. The van der Waals surface area contributed by atoms with Crippen LogP contribution in [0.15, 0.2) is 54.7 Å². The minimum absolute atomic E-state index is 0.0932. The molecule has 3 aromatic rings. The van der Waals surface area contributed by atoms with E-state index in [4.69, 9.17) is 5.73 Å². The third-order valence-corrected chi connectivity index (χ3v) is 3.60. The van der Waals surface area contributed by atoms with Crippen molar-refractivity contribution in [3.8, 4) is 0 Å². The number of nitrogens with two attached hydrogens (primary N) is 1. The van der Waals surface area contributed by atoms with Gasteiger partial charge in [0, 0.05) is 25.7 Å². The quantitative estimate of drug-likeness (QED) is 0.788. The molecule has 0 aliphatic heterocycles. The van der Waals surface area contributed by atoms with E-state index in [9.17, 15) is 0 Å². The highest BCUT2D eigenvalue weighted by Gasteiger charge is 2.09. The summed E-state index contributed by atoms with van der Waals surface area (Å²) in [5.41, 5.74) is 8.66. The summed E-state index contributed by atoms with van der Waals surface area (Å²) < 4.78 is 1.82. The Labute approximate surface area is 119 Å². The molecule has 1 heterocycles. The molecule has 3 rings (SSSR count). The van der Waals surface area contributed by atoms with Crippen molar-refractivity contribution in [2.75, 3.05) is 0 Å². The van der Waals surface area contributed by atoms with E-state index in [1.807, 2.05) is 24.0 Å². The summed E-state index contributed by atoms with van der Waals surface area (Å²) in [4.78, 5) is 0. The summed E-state index contributed by atoms with van der Waals surface area (Å²) in [7, 11) is 1.93. The molecule has 0 fully saturated rings. The SMILES string of the molecule is Cn1ccc(CC(N)Cc2cccc3ccccc23)n1. The molecule has 3 nitrogen and oxygen atoms in total. The number of hydrogen-bond acceptors (Lipinski definition) is 2.